The van der Waals surface area contributed by atoms with Crippen molar-refractivity contribution in [2.75, 3.05) is 13.1 Å². The predicted molar refractivity (Wildman–Crippen MR) is 127 cm³/mol. The average Bonchev–Trinajstić information content (AvgIpc) is 3.48. The van der Waals surface area contributed by atoms with Gasteiger partial charge in [-0.15, -0.1) is 0 Å². The second kappa shape index (κ2) is 9.77. The second-order valence-corrected chi connectivity index (χ2v) is 9.18. The lowest BCUT2D eigenvalue weighted by molar-refractivity contribution is -0.126. The van der Waals surface area contributed by atoms with Gasteiger partial charge in [0, 0.05) is 25.2 Å². The minimum atomic E-state index is -0.192. The van der Waals surface area contributed by atoms with Crippen LogP contribution in [0.5, 0.6) is 0 Å². The monoisotopic (exact) mass is 451 g/mol. The van der Waals surface area contributed by atoms with Gasteiger partial charge in [0.1, 0.15) is 5.69 Å². The van der Waals surface area contributed by atoms with Crippen molar-refractivity contribution < 1.29 is 14.0 Å². The zero-order valence-corrected chi connectivity index (χ0v) is 19.9. The fraction of sp³-hybridized carbons (Fsp3) is 0.520. The number of carbonyl (C=O) groups is 2. The number of unbranched alkanes of at least 4 members (excludes halogenated alkanes) is 1. The molecule has 3 aromatic heterocycles. The molecule has 1 saturated heterocycles. The highest BCUT2D eigenvalue weighted by Gasteiger charge is 2.34. The van der Waals surface area contributed by atoms with E-state index in [4.69, 9.17) is 9.40 Å². The minimum Gasteiger partial charge on any atom is -0.463 e. The van der Waals surface area contributed by atoms with Crippen LogP contribution in [-0.2, 0) is 4.79 Å². The Morgan fingerprint density at radius 3 is 2.82 bits per heavy atom. The first-order chi connectivity index (χ1) is 15.9. The predicted octanol–water partition coefficient (Wildman–Crippen LogP) is 4.43. The van der Waals surface area contributed by atoms with E-state index in [0.717, 1.165) is 25.7 Å². The molecule has 4 heterocycles. The summed E-state index contributed by atoms with van der Waals surface area (Å²) in [5, 5.41) is 8.24. The zero-order chi connectivity index (χ0) is 23.5. The first kappa shape index (κ1) is 23.0. The van der Waals surface area contributed by atoms with Gasteiger partial charge in [0.25, 0.3) is 5.91 Å². The van der Waals surface area contributed by atoms with Crippen LogP contribution in [-0.4, -0.2) is 50.6 Å². The number of pyridine rings is 1. The number of furan rings is 1. The molecule has 1 N–H and O–H groups in total. The summed E-state index contributed by atoms with van der Waals surface area (Å²) in [4.78, 5) is 33.1. The van der Waals surface area contributed by atoms with E-state index in [1.165, 1.54) is 0 Å². The van der Waals surface area contributed by atoms with E-state index in [0.29, 0.717) is 41.1 Å². The van der Waals surface area contributed by atoms with E-state index in [1.807, 2.05) is 36.4 Å². The van der Waals surface area contributed by atoms with E-state index in [-0.39, 0.29) is 29.8 Å². The molecule has 2 unspecified atom stereocenters. The Morgan fingerprint density at radius 1 is 1.30 bits per heavy atom. The van der Waals surface area contributed by atoms with E-state index in [2.05, 4.69) is 17.3 Å². The molecule has 3 aromatic rings. The third kappa shape index (κ3) is 4.65. The molecule has 0 radical (unpaired) electrons. The van der Waals surface area contributed by atoms with Crippen molar-refractivity contribution >= 4 is 22.8 Å². The first-order valence-corrected chi connectivity index (χ1v) is 11.9. The summed E-state index contributed by atoms with van der Waals surface area (Å²) < 4.78 is 7.39. The third-order valence-corrected chi connectivity index (χ3v) is 6.40. The maximum atomic E-state index is 13.9. The van der Waals surface area contributed by atoms with Crippen LogP contribution in [0, 0.1) is 5.92 Å². The number of aromatic nitrogens is 3. The molecule has 176 valence electrons. The van der Waals surface area contributed by atoms with E-state index >= 15 is 0 Å². The lowest BCUT2D eigenvalue weighted by atomic mass is 9.91. The highest BCUT2D eigenvalue weighted by Crippen LogP contribution is 2.30. The van der Waals surface area contributed by atoms with Crippen LogP contribution in [0.2, 0.25) is 0 Å². The average molecular weight is 452 g/mol. The van der Waals surface area contributed by atoms with Crippen molar-refractivity contribution in [3.05, 3.63) is 36.2 Å². The van der Waals surface area contributed by atoms with Gasteiger partial charge in [-0.25, -0.2) is 9.67 Å². The van der Waals surface area contributed by atoms with E-state index in [1.54, 1.807) is 24.6 Å². The largest absolute Gasteiger partial charge is 0.463 e. The summed E-state index contributed by atoms with van der Waals surface area (Å²) >= 11 is 0. The lowest BCUT2D eigenvalue weighted by Crippen LogP contribution is -2.49. The molecule has 0 aliphatic carbocycles. The van der Waals surface area contributed by atoms with Gasteiger partial charge in [-0.2, -0.15) is 5.10 Å². The molecule has 1 aliphatic heterocycles. The Labute approximate surface area is 194 Å². The van der Waals surface area contributed by atoms with Crippen molar-refractivity contribution in [1.82, 2.24) is 25.0 Å². The van der Waals surface area contributed by atoms with Crippen LogP contribution < -0.4 is 5.32 Å². The summed E-state index contributed by atoms with van der Waals surface area (Å²) in [5.41, 5.74) is 1.79. The Kier molecular flexibility index (Phi) is 6.81. The number of nitrogens with zero attached hydrogens (tertiary/aromatic N) is 4. The number of carbonyl (C=O) groups excluding carboxylic acids is 2. The van der Waals surface area contributed by atoms with Gasteiger partial charge in [0.15, 0.2) is 11.4 Å². The molecule has 33 heavy (non-hydrogen) atoms. The maximum Gasteiger partial charge on any atom is 0.255 e. The number of fused-ring (bicyclic) bond motifs is 1. The van der Waals surface area contributed by atoms with E-state index in [9.17, 15) is 9.59 Å². The number of rotatable bonds is 7. The summed E-state index contributed by atoms with van der Waals surface area (Å²) in [6, 6.07) is 5.56. The maximum absolute atomic E-state index is 13.9. The lowest BCUT2D eigenvalue weighted by Gasteiger charge is -2.37. The quantitative estimate of drug-likeness (QED) is 0.537. The van der Waals surface area contributed by atoms with Crippen molar-refractivity contribution in [1.29, 1.82) is 0 Å². The number of hydrogen-bond acceptors (Lipinski definition) is 5. The molecule has 1 fully saturated rings. The number of likely N-dealkylation sites (tertiary alicyclic amines) is 1. The highest BCUT2D eigenvalue weighted by molar-refractivity contribution is 6.06. The molecule has 1 aliphatic rings. The number of amides is 2. The summed E-state index contributed by atoms with van der Waals surface area (Å²) in [6.45, 7) is 9.31. The second-order valence-electron chi connectivity index (χ2n) is 9.18. The Morgan fingerprint density at radius 2 is 2.12 bits per heavy atom. The third-order valence-electron chi connectivity index (χ3n) is 6.40. The van der Waals surface area contributed by atoms with Gasteiger partial charge < -0.3 is 14.6 Å². The van der Waals surface area contributed by atoms with Crippen molar-refractivity contribution in [3.8, 4) is 11.5 Å². The molecule has 8 heteroatoms. The molecule has 0 saturated carbocycles. The zero-order valence-electron chi connectivity index (χ0n) is 19.9. The highest BCUT2D eigenvalue weighted by atomic mass is 16.3. The molecule has 2 amide bonds. The standard InChI is InChI=1S/C25H33N5O3/c1-5-6-11-26-24(31)18-10-9-17(4)29(15-18)25(32)19-13-21(22-8-7-12-33-22)28-23-20(19)14-27-30(23)16(2)3/h7-8,12-14,16-18H,5-6,9-11,15H2,1-4H3,(H,26,31). The van der Waals surface area contributed by atoms with Crippen molar-refractivity contribution in [3.63, 3.8) is 0 Å². The fourth-order valence-electron chi connectivity index (χ4n) is 4.41. The molecule has 4 rings (SSSR count). The number of hydrogen-bond donors (Lipinski definition) is 1. The van der Waals surface area contributed by atoms with Crippen LogP contribution in [0.1, 0.15) is 69.8 Å². The van der Waals surface area contributed by atoms with Crippen molar-refractivity contribution in [2.24, 2.45) is 5.92 Å². The topological polar surface area (TPSA) is 93.3 Å². The number of nitrogens with one attached hydrogen (secondary N) is 1. The smallest absolute Gasteiger partial charge is 0.255 e. The van der Waals surface area contributed by atoms with Crippen LogP contribution in [0.15, 0.2) is 35.1 Å². The normalized spacial score (nSPS) is 18.8. The van der Waals surface area contributed by atoms with Crippen LogP contribution in [0.4, 0.5) is 0 Å². The van der Waals surface area contributed by atoms with Crippen LogP contribution in [0.25, 0.3) is 22.5 Å². The molecular formula is C25H33N5O3. The fourth-order valence-corrected chi connectivity index (χ4v) is 4.41. The Bertz CT molecular complexity index is 1120. The molecular weight excluding hydrogens is 418 g/mol. The van der Waals surface area contributed by atoms with Gasteiger partial charge in [-0.1, -0.05) is 13.3 Å². The summed E-state index contributed by atoms with van der Waals surface area (Å²) in [6.07, 6.45) is 6.89. The molecule has 0 bridgehead atoms. The van der Waals surface area contributed by atoms with E-state index < -0.39 is 0 Å². The van der Waals surface area contributed by atoms with Gasteiger partial charge in [0.2, 0.25) is 5.91 Å². The molecule has 0 spiro atoms. The first-order valence-electron chi connectivity index (χ1n) is 11.9. The van der Waals surface area contributed by atoms with Crippen molar-refractivity contribution in [2.45, 2.75) is 65.5 Å². The van der Waals surface area contributed by atoms with Crippen LogP contribution >= 0.6 is 0 Å². The SMILES string of the molecule is CCCCNC(=O)C1CCC(C)N(C(=O)c2cc(-c3ccco3)nc3c2cnn3C(C)C)C1. The van der Waals surface area contributed by atoms with Gasteiger partial charge in [0.05, 0.1) is 29.3 Å². The van der Waals surface area contributed by atoms with Gasteiger partial charge in [-0.05, 0) is 58.2 Å². The Hall–Kier alpha value is -3.16. The van der Waals surface area contributed by atoms with Crippen LogP contribution in [0.3, 0.4) is 0 Å². The summed E-state index contributed by atoms with van der Waals surface area (Å²) in [7, 11) is 0. The molecule has 0 aromatic carbocycles. The Balaban J connectivity index is 1.68. The number of piperidine rings is 1. The van der Waals surface area contributed by atoms with Gasteiger partial charge in [-0.3, -0.25) is 9.59 Å². The summed E-state index contributed by atoms with van der Waals surface area (Å²) in [5.74, 6) is 0.346. The molecule has 8 nitrogen and oxygen atoms in total. The van der Waals surface area contributed by atoms with Gasteiger partial charge >= 0.3 is 0 Å². The minimum absolute atomic E-state index is 0.0388. The molecule has 2 atom stereocenters.